The van der Waals surface area contributed by atoms with Gasteiger partial charge in [0.05, 0.1) is 24.1 Å². The molecule has 0 saturated heterocycles. The van der Waals surface area contributed by atoms with Gasteiger partial charge >= 0.3 is 0 Å². The molecule has 3 nitrogen and oxygen atoms in total. The Labute approximate surface area is 156 Å². The number of fused-ring (bicyclic) bond motifs is 1. The highest BCUT2D eigenvalue weighted by atomic mass is 19.1. The molecule has 0 radical (unpaired) electrons. The molecule has 136 valence electrons. The highest BCUT2D eigenvalue weighted by molar-refractivity contribution is 5.76. The van der Waals surface area contributed by atoms with Gasteiger partial charge in [0.15, 0.2) is 0 Å². The maximum absolute atomic E-state index is 14.2. The van der Waals surface area contributed by atoms with Gasteiger partial charge in [0, 0.05) is 17.3 Å². The van der Waals surface area contributed by atoms with Crippen molar-refractivity contribution in [2.45, 2.75) is 20.0 Å². The minimum absolute atomic E-state index is 0.289. The van der Waals surface area contributed by atoms with Gasteiger partial charge in [-0.05, 0) is 37.3 Å². The fourth-order valence-electron chi connectivity index (χ4n) is 3.11. The first-order chi connectivity index (χ1) is 13.1. The van der Waals surface area contributed by atoms with Gasteiger partial charge in [-0.25, -0.2) is 13.8 Å². The number of imidazole rings is 1. The predicted octanol–water partition coefficient (Wildman–Crippen LogP) is 5.28. The molecule has 27 heavy (non-hydrogen) atoms. The minimum Gasteiger partial charge on any atom is -0.378 e. The van der Waals surface area contributed by atoms with Crippen molar-refractivity contribution in [2.24, 2.45) is 0 Å². The van der Waals surface area contributed by atoms with Gasteiger partial charge in [-0.15, -0.1) is 0 Å². The highest BCUT2D eigenvalue weighted by Crippen LogP contribution is 2.21. The average Bonchev–Trinajstić information content (AvgIpc) is 3.01. The van der Waals surface area contributed by atoms with Crippen molar-refractivity contribution in [1.29, 1.82) is 0 Å². The second-order valence-electron chi connectivity index (χ2n) is 6.56. The monoisotopic (exact) mass is 363 g/mol. The largest absolute Gasteiger partial charge is 0.378 e. The molecule has 4 rings (SSSR count). The molecule has 0 saturated carbocycles. The summed E-state index contributed by atoms with van der Waals surface area (Å²) in [6.07, 6.45) is 0. The van der Waals surface area contributed by atoms with Gasteiger partial charge < -0.3 is 9.88 Å². The van der Waals surface area contributed by atoms with E-state index in [1.165, 1.54) is 17.7 Å². The average molecular weight is 363 g/mol. The molecule has 4 aromatic rings. The molecule has 0 spiro atoms. The predicted molar refractivity (Wildman–Crippen MR) is 104 cm³/mol. The Morgan fingerprint density at radius 1 is 0.963 bits per heavy atom. The number of nitrogens with one attached hydrogen (secondary N) is 1. The van der Waals surface area contributed by atoms with Crippen molar-refractivity contribution in [1.82, 2.24) is 9.55 Å². The van der Waals surface area contributed by atoms with Crippen LogP contribution >= 0.6 is 0 Å². The van der Waals surface area contributed by atoms with Gasteiger partial charge in [-0.3, -0.25) is 0 Å². The number of aryl methyl sites for hydroxylation is 1. The topological polar surface area (TPSA) is 29.9 Å². The van der Waals surface area contributed by atoms with E-state index >= 15 is 0 Å². The Hall–Kier alpha value is -3.21. The summed E-state index contributed by atoms with van der Waals surface area (Å²) in [5.41, 5.74) is 4.38. The first-order valence-electron chi connectivity index (χ1n) is 8.79. The maximum Gasteiger partial charge on any atom is 0.131 e. The molecule has 0 fully saturated rings. The fourth-order valence-corrected chi connectivity index (χ4v) is 3.11. The van der Waals surface area contributed by atoms with Crippen LogP contribution in [-0.4, -0.2) is 9.55 Å². The lowest BCUT2D eigenvalue weighted by molar-refractivity contribution is 0.565. The zero-order chi connectivity index (χ0) is 18.8. The van der Waals surface area contributed by atoms with E-state index in [-0.39, 0.29) is 6.54 Å². The van der Waals surface area contributed by atoms with Crippen LogP contribution in [0.2, 0.25) is 0 Å². The van der Waals surface area contributed by atoms with E-state index in [0.717, 1.165) is 28.6 Å². The Morgan fingerprint density at radius 2 is 1.74 bits per heavy atom. The van der Waals surface area contributed by atoms with E-state index in [1.54, 1.807) is 0 Å². The van der Waals surface area contributed by atoms with Crippen LogP contribution in [0.15, 0.2) is 66.7 Å². The zero-order valence-corrected chi connectivity index (χ0v) is 14.9. The molecular formula is C22H19F2N3. The van der Waals surface area contributed by atoms with Crippen LogP contribution in [0, 0.1) is 18.6 Å². The first kappa shape index (κ1) is 17.2. The second-order valence-corrected chi connectivity index (χ2v) is 6.56. The molecule has 0 aliphatic heterocycles. The quantitative estimate of drug-likeness (QED) is 0.523. The van der Waals surface area contributed by atoms with E-state index in [4.69, 9.17) is 4.98 Å². The molecule has 0 bridgehead atoms. The van der Waals surface area contributed by atoms with Gasteiger partial charge in [-0.1, -0.05) is 35.9 Å². The Kier molecular flexibility index (Phi) is 4.59. The summed E-state index contributed by atoms with van der Waals surface area (Å²) in [5, 5.41) is 3.36. The minimum atomic E-state index is -0.576. The van der Waals surface area contributed by atoms with Crippen molar-refractivity contribution in [3.05, 3.63) is 95.3 Å². The zero-order valence-electron chi connectivity index (χ0n) is 14.9. The molecule has 1 aromatic heterocycles. The summed E-state index contributed by atoms with van der Waals surface area (Å²) in [6, 6.07) is 19.5. The van der Waals surface area contributed by atoms with Crippen LogP contribution in [0.3, 0.4) is 0 Å². The lowest BCUT2D eigenvalue weighted by Gasteiger charge is -2.12. The van der Waals surface area contributed by atoms with Gasteiger partial charge in [0.2, 0.25) is 0 Å². The van der Waals surface area contributed by atoms with E-state index in [0.29, 0.717) is 12.1 Å². The number of para-hydroxylation sites is 2. The molecule has 0 atom stereocenters. The standard InChI is InChI=1S/C22H19F2N3/c1-15-6-10-18(11-7-15)25-13-22-26-20-4-2-3-5-21(20)27(22)14-16-8-9-17(23)12-19(16)24/h2-12,25H,13-14H2,1H3. The molecule has 3 aromatic carbocycles. The maximum atomic E-state index is 14.2. The van der Waals surface area contributed by atoms with E-state index < -0.39 is 11.6 Å². The summed E-state index contributed by atoms with van der Waals surface area (Å²) < 4.78 is 29.4. The third-order valence-corrected chi connectivity index (χ3v) is 4.58. The summed E-state index contributed by atoms with van der Waals surface area (Å²) in [7, 11) is 0. The van der Waals surface area contributed by atoms with E-state index in [2.05, 4.69) is 5.32 Å². The van der Waals surface area contributed by atoms with Gasteiger partial charge in [0.1, 0.15) is 17.5 Å². The Balaban J connectivity index is 1.67. The summed E-state index contributed by atoms with van der Waals surface area (Å²) in [6.45, 7) is 2.83. The number of rotatable bonds is 5. The Morgan fingerprint density at radius 3 is 2.52 bits per heavy atom. The SMILES string of the molecule is Cc1ccc(NCc2nc3ccccc3n2Cc2ccc(F)cc2F)cc1. The van der Waals surface area contributed by atoms with Crippen molar-refractivity contribution in [2.75, 3.05) is 5.32 Å². The van der Waals surface area contributed by atoms with Gasteiger partial charge in [-0.2, -0.15) is 0 Å². The highest BCUT2D eigenvalue weighted by Gasteiger charge is 2.13. The van der Waals surface area contributed by atoms with Crippen molar-refractivity contribution < 1.29 is 8.78 Å². The molecule has 0 aliphatic carbocycles. The lowest BCUT2D eigenvalue weighted by Crippen LogP contribution is -2.11. The summed E-state index contributed by atoms with van der Waals surface area (Å²) in [4.78, 5) is 4.69. The summed E-state index contributed by atoms with van der Waals surface area (Å²) in [5.74, 6) is -0.335. The van der Waals surface area contributed by atoms with Crippen molar-refractivity contribution >= 4 is 16.7 Å². The molecule has 1 heterocycles. The molecule has 0 amide bonds. The molecular weight excluding hydrogens is 344 g/mol. The molecule has 0 unspecified atom stereocenters. The summed E-state index contributed by atoms with van der Waals surface area (Å²) >= 11 is 0. The number of halogens is 2. The van der Waals surface area contributed by atoms with Crippen LogP contribution in [0.4, 0.5) is 14.5 Å². The van der Waals surface area contributed by atoms with Crippen LogP contribution < -0.4 is 5.32 Å². The second kappa shape index (κ2) is 7.19. The number of hydrogen-bond donors (Lipinski definition) is 1. The number of benzene rings is 3. The Bertz CT molecular complexity index is 1080. The number of hydrogen-bond acceptors (Lipinski definition) is 2. The number of nitrogens with zero attached hydrogens (tertiary/aromatic N) is 2. The molecule has 0 aliphatic rings. The van der Waals surface area contributed by atoms with Crippen LogP contribution in [0.25, 0.3) is 11.0 Å². The van der Waals surface area contributed by atoms with Crippen LogP contribution in [0.5, 0.6) is 0 Å². The third kappa shape index (κ3) is 3.67. The fraction of sp³-hybridized carbons (Fsp3) is 0.136. The lowest BCUT2D eigenvalue weighted by atomic mass is 10.2. The smallest absolute Gasteiger partial charge is 0.131 e. The van der Waals surface area contributed by atoms with Gasteiger partial charge in [0.25, 0.3) is 0 Å². The van der Waals surface area contributed by atoms with Crippen LogP contribution in [0.1, 0.15) is 17.0 Å². The van der Waals surface area contributed by atoms with E-state index in [9.17, 15) is 8.78 Å². The third-order valence-electron chi connectivity index (χ3n) is 4.58. The first-order valence-corrected chi connectivity index (χ1v) is 8.79. The van der Waals surface area contributed by atoms with Crippen LogP contribution in [-0.2, 0) is 13.1 Å². The normalized spacial score (nSPS) is 11.1. The number of anilines is 1. The van der Waals surface area contributed by atoms with Crippen molar-refractivity contribution in [3.63, 3.8) is 0 Å². The van der Waals surface area contributed by atoms with E-state index in [1.807, 2.05) is 60.0 Å². The molecule has 5 heteroatoms. The number of aromatic nitrogens is 2. The van der Waals surface area contributed by atoms with Crippen molar-refractivity contribution in [3.8, 4) is 0 Å². The molecule has 1 N–H and O–H groups in total.